The third kappa shape index (κ3) is 3.89. The molecule has 0 spiro atoms. The number of nitrogens with one attached hydrogen (secondary N) is 2. The van der Waals surface area contributed by atoms with Crippen molar-refractivity contribution in [2.24, 2.45) is 0 Å². The number of cyclic esters (lactones) is 1. The predicted octanol–water partition coefficient (Wildman–Crippen LogP) is 5.22. The van der Waals surface area contributed by atoms with Crippen molar-refractivity contribution in [3.8, 4) is 0 Å². The van der Waals surface area contributed by atoms with Gasteiger partial charge in [-0.2, -0.15) is 13.2 Å². The Labute approximate surface area is 161 Å². The number of rotatable bonds is 4. The molecule has 0 radical (unpaired) electrons. The van der Waals surface area contributed by atoms with Crippen LogP contribution in [0, 0.1) is 5.82 Å². The lowest BCUT2D eigenvalue weighted by molar-refractivity contribution is -0.267. The first-order valence-electron chi connectivity index (χ1n) is 8.03. The van der Waals surface area contributed by atoms with E-state index in [1.165, 1.54) is 24.3 Å². The van der Waals surface area contributed by atoms with Gasteiger partial charge in [0.05, 0.1) is 5.69 Å². The van der Waals surface area contributed by atoms with Crippen LogP contribution in [0.1, 0.15) is 18.4 Å². The molecule has 1 aliphatic heterocycles. The van der Waals surface area contributed by atoms with Gasteiger partial charge in [-0.1, -0.05) is 11.6 Å². The number of amides is 2. The molecule has 1 unspecified atom stereocenters. The Morgan fingerprint density at radius 2 is 1.86 bits per heavy atom. The summed E-state index contributed by atoms with van der Waals surface area (Å²) in [5, 5.41) is 4.58. The Balaban J connectivity index is 1.87. The highest BCUT2D eigenvalue weighted by molar-refractivity contribution is 6.30. The van der Waals surface area contributed by atoms with Gasteiger partial charge in [0.25, 0.3) is 0 Å². The van der Waals surface area contributed by atoms with E-state index in [0.717, 1.165) is 18.2 Å². The van der Waals surface area contributed by atoms with Crippen LogP contribution in [0.2, 0.25) is 5.02 Å². The van der Waals surface area contributed by atoms with Crippen molar-refractivity contribution in [3.63, 3.8) is 0 Å². The van der Waals surface area contributed by atoms with Crippen molar-refractivity contribution in [1.29, 1.82) is 0 Å². The molecule has 2 aromatic rings. The molecule has 0 aliphatic carbocycles. The number of fused-ring (bicyclic) bond motifs is 1. The summed E-state index contributed by atoms with van der Waals surface area (Å²) in [6, 6.07) is 8.34. The Morgan fingerprint density at radius 3 is 2.50 bits per heavy atom. The van der Waals surface area contributed by atoms with Crippen molar-refractivity contribution < 1.29 is 31.9 Å². The number of carbonyl (C=O) groups excluding carboxylic acids is 2. The van der Waals surface area contributed by atoms with E-state index in [1.807, 2.05) is 0 Å². The molecule has 2 amide bonds. The SMILES string of the molecule is O=C(CCC1(C(F)(F)F)OC(=O)Nc2ccc(Cl)cc21)Nc1ccc(F)cc1. The molecule has 0 aromatic heterocycles. The number of carbonyl (C=O) groups is 2. The quantitative estimate of drug-likeness (QED) is 0.672. The summed E-state index contributed by atoms with van der Waals surface area (Å²) in [5.74, 6) is -1.28. The van der Waals surface area contributed by atoms with Gasteiger partial charge in [-0.05, 0) is 42.5 Å². The number of anilines is 2. The van der Waals surface area contributed by atoms with Crippen LogP contribution in [-0.4, -0.2) is 18.2 Å². The molecule has 0 saturated carbocycles. The van der Waals surface area contributed by atoms with Crippen molar-refractivity contribution in [3.05, 3.63) is 58.9 Å². The minimum atomic E-state index is -5.00. The largest absolute Gasteiger partial charge is 0.432 e. The zero-order valence-corrected chi connectivity index (χ0v) is 14.8. The second-order valence-corrected chi connectivity index (χ2v) is 6.52. The molecular formula is C18H13ClF4N2O3. The maximum Gasteiger partial charge on any atom is 0.432 e. The summed E-state index contributed by atoms with van der Waals surface area (Å²) in [6.07, 6.45) is -7.76. The van der Waals surface area contributed by atoms with E-state index in [-0.39, 0.29) is 22.0 Å². The van der Waals surface area contributed by atoms with Gasteiger partial charge >= 0.3 is 12.3 Å². The first kappa shape index (κ1) is 19.9. The third-order valence-corrected chi connectivity index (χ3v) is 4.45. The lowest BCUT2D eigenvalue weighted by Gasteiger charge is -2.39. The van der Waals surface area contributed by atoms with E-state index in [4.69, 9.17) is 11.6 Å². The van der Waals surface area contributed by atoms with Gasteiger partial charge in [-0.3, -0.25) is 10.1 Å². The van der Waals surface area contributed by atoms with E-state index in [0.29, 0.717) is 0 Å². The van der Waals surface area contributed by atoms with E-state index < -0.39 is 42.4 Å². The Kier molecular flexibility index (Phi) is 5.20. The van der Waals surface area contributed by atoms with Gasteiger partial charge in [0.1, 0.15) is 5.82 Å². The Hall–Kier alpha value is -2.81. The zero-order chi connectivity index (χ0) is 20.5. The van der Waals surface area contributed by atoms with E-state index >= 15 is 0 Å². The number of alkyl halides is 3. The smallest absolute Gasteiger partial charge is 0.428 e. The molecule has 3 rings (SSSR count). The molecule has 10 heteroatoms. The number of hydrogen-bond donors (Lipinski definition) is 2. The van der Waals surface area contributed by atoms with Gasteiger partial charge in [0.15, 0.2) is 0 Å². The van der Waals surface area contributed by atoms with E-state index in [1.54, 1.807) is 0 Å². The Bertz CT molecular complexity index is 918. The van der Waals surface area contributed by atoms with Gasteiger partial charge in [0.2, 0.25) is 11.5 Å². The van der Waals surface area contributed by atoms with Gasteiger partial charge in [-0.15, -0.1) is 0 Å². The fraction of sp³-hybridized carbons (Fsp3) is 0.222. The minimum Gasteiger partial charge on any atom is -0.428 e. The van der Waals surface area contributed by atoms with Gasteiger partial charge in [-0.25, -0.2) is 9.18 Å². The summed E-state index contributed by atoms with van der Waals surface area (Å²) in [5.41, 5.74) is -3.30. The molecule has 0 fully saturated rings. The van der Waals surface area contributed by atoms with Crippen molar-refractivity contribution in [2.45, 2.75) is 24.6 Å². The van der Waals surface area contributed by atoms with E-state index in [2.05, 4.69) is 15.4 Å². The van der Waals surface area contributed by atoms with Crippen molar-refractivity contribution in [1.82, 2.24) is 0 Å². The molecule has 28 heavy (non-hydrogen) atoms. The van der Waals surface area contributed by atoms with Crippen LogP contribution >= 0.6 is 11.6 Å². The molecule has 148 valence electrons. The molecule has 1 aliphatic rings. The summed E-state index contributed by atoms with van der Waals surface area (Å²) < 4.78 is 59.5. The van der Waals surface area contributed by atoms with Crippen LogP contribution in [0.15, 0.2) is 42.5 Å². The average molecular weight is 417 g/mol. The molecule has 1 atom stereocenters. The van der Waals surface area contributed by atoms with Crippen LogP contribution < -0.4 is 10.6 Å². The highest BCUT2D eigenvalue weighted by atomic mass is 35.5. The predicted molar refractivity (Wildman–Crippen MR) is 93.6 cm³/mol. The normalized spacial score (nSPS) is 18.7. The second-order valence-electron chi connectivity index (χ2n) is 6.08. The molecule has 5 nitrogen and oxygen atoms in total. The van der Waals surface area contributed by atoms with Gasteiger partial charge < -0.3 is 10.1 Å². The lowest BCUT2D eigenvalue weighted by Crippen LogP contribution is -2.50. The highest BCUT2D eigenvalue weighted by Crippen LogP contribution is 2.50. The highest BCUT2D eigenvalue weighted by Gasteiger charge is 2.62. The molecule has 1 heterocycles. The van der Waals surface area contributed by atoms with Crippen LogP contribution in [-0.2, 0) is 15.1 Å². The maximum absolute atomic E-state index is 14.0. The lowest BCUT2D eigenvalue weighted by atomic mass is 9.85. The zero-order valence-electron chi connectivity index (χ0n) is 14.1. The molecular weight excluding hydrogens is 404 g/mol. The van der Waals surface area contributed by atoms with E-state index in [9.17, 15) is 27.2 Å². The second kappa shape index (κ2) is 7.31. The summed E-state index contributed by atoms with van der Waals surface area (Å²) in [7, 11) is 0. The molecule has 2 N–H and O–H groups in total. The molecule has 2 aromatic carbocycles. The maximum atomic E-state index is 14.0. The topological polar surface area (TPSA) is 67.4 Å². The Morgan fingerprint density at radius 1 is 1.18 bits per heavy atom. The summed E-state index contributed by atoms with van der Waals surface area (Å²) >= 11 is 5.83. The van der Waals surface area contributed by atoms with Crippen LogP contribution in [0.4, 0.5) is 33.7 Å². The molecule has 0 saturated heterocycles. The average Bonchev–Trinajstić information content (AvgIpc) is 2.61. The van der Waals surface area contributed by atoms with Crippen LogP contribution in [0.5, 0.6) is 0 Å². The fourth-order valence-corrected chi connectivity index (χ4v) is 3.06. The number of benzene rings is 2. The van der Waals surface area contributed by atoms with Crippen molar-refractivity contribution >= 4 is 35.0 Å². The van der Waals surface area contributed by atoms with Crippen molar-refractivity contribution in [2.75, 3.05) is 10.6 Å². The minimum absolute atomic E-state index is 0.0166. The monoisotopic (exact) mass is 416 g/mol. The summed E-state index contributed by atoms with van der Waals surface area (Å²) in [6.45, 7) is 0. The van der Waals surface area contributed by atoms with Gasteiger partial charge in [0, 0.05) is 29.1 Å². The number of halogens is 5. The number of ether oxygens (including phenoxy) is 1. The summed E-state index contributed by atoms with van der Waals surface area (Å²) in [4.78, 5) is 23.9. The molecule has 0 bridgehead atoms. The fourth-order valence-electron chi connectivity index (χ4n) is 2.89. The first-order valence-corrected chi connectivity index (χ1v) is 8.41. The number of hydrogen-bond acceptors (Lipinski definition) is 3. The van der Waals surface area contributed by atoms with Crippen LogP contribution in [0.25, 0.3) is 0 Å². The third-order valence-electron chi connectivity index (χ3n) is 4.21. The standard InChI is InChI=1S/C18H13ClF4N2O3/c19-10-1-6-14-13(9-10)17(18(21,22)23,28-16(27)25-14)8-7-15(26)24-12-4-2-11(20)3-5-12/h1-6,9H,7-8H2,(H,24,26)(H,25,27). The first-order chi connectivity index (χ1) is 13.1. The van der Waals surface area contributed by atoms with Crippen LogP contribution in [0.3, 0.4) is 0 Å².